The summed E-state index contributed by atoms with van der Waals surface area (Å²) in [6.45, 7) is 1.62. The molecule has 1 aliphatic heterocycles. The Morgan fingerprint density at radius 3 is 1.95 bits per heavy atom. The summed E-state index contributed by atoms with van der Waals surface area (Å²) in [7, 11) is 0. The first-order chi connectivity index (χ1) is 10.1. The van der Waals surface area contributed by atoms with Crippen LogP contribution < -0.4 is 0 Å². The van der Waals surface area contributed by atoms with Crippen molar-refractivity contribution in [3.63, 3.8) is 0 Å². The summed E-state index contributed by atoms with van der Waals surface area (Å²) in [5.41, 5.74) is -3.30. The number of imide groups is 1. The van der Waals surface area contributed by atoms with Crippen molar-refractivity contribution in [1.29, 1.82) is 0 Å². The van der Waals surface area contributed by atoms with E-state index in [0.717, 1.165) is 6.92 Å². The highest BCUT2D eigenvalue weighted by Crippen LogP contribution is 2.32. The van der Waals surface area contributed by atoms with E-state index in [1.54, 1.807) is 0 Å². The van der Waals surface area contributed by atoms with Crippen LogP contribution in [0.25, 0.3) is 0 Å². The van der Waals surface area contributed by atoms with Crippen LogP contribution in [0.5, 0.6) is 0 Å². The molecule has 2 atom stereocenters. The molecule has 2 N–H and O–H groups in total. The molecule has 0 aromatic heterocycles. The number of amides is 2. The van der Waals surface area contributed by atoms with E-state index in [4.69, 9.17) is 0 Å². The second kappa shape index (κ2) is 5.13. The minimum atomic E-state index is -1.86. The number of hydrogen-bond acceptors (Lipinski definition) is 4. The van der Waals surface area contributed by atoms with Crippen molar-refractivity contribution in [2.75, 3.05) is 6.54 Å². The summed E-state index contributed by atoms with van der Waals surface area (Å²) in [5.74, 6) is -5.81. The van der Waals surface area contributed by atoms with Gasteiger partial charge in [0.2, 0.25) is 0 Å². The van der Waals surface area contributed by atoms with Gasteiger partial charge >= 0.3 is 5.97 Å². The summed E-state index contributed by atoms with van der Waals surface area (Å²) in [4.78, 5) is 36.0. The van der Waals surface area contributed by atoms with Gasteiger partial charge < -0.3 is 10.2 Å². The highest BCUT2D eigenvalue weighted by Gasteiger charge is 2.47. The third-order valence-electron chi connectivity index (χ3n) is 3.92. The number of aliphatic hydroxyl groups is 1. The SMILES string of the molecule is C[C@@H](O)[C@@](C)(CN1C(=O)c2c(F)ccc(F)c2C1=O)C(=O)O. The standard InChI is InChI=1S/C14H13F2NO5/c1-6(18)14(2,13(21)22)5-17-11(19)9-7(15)3-4-8(16)10(9)12(17)20/h3-4,6,18H,5H2,1-2H3,(H,21,22)/t6-,14-/m1/s1. The quantitative estimate of drug-likeness (QED) is 0.810. The Balaban J connectivity index is 2.47. The fraction of sp³-hybridized carbons (Fsp3) is 0.357. The van der Waals surface area contributed by atoms with Crippen molar-refractivity contribution in [1.82, 2.24) is 4.90 Å². The van der Waals surface area contributed by atoms with E-state index in [0.29, 0.717) is 17.0 Å². The molecular formula is C14H13F2NO5. The Morgan fingerprint density at radius 2 is 1.64 bits per heavy atom. The number of halogens is 2. The zero-order valence-corrected chi connectivity index (χ0v) is 11.8. The second-order valence-electron chi connectivity index (χ2n) is 5.37. The van der Waals surface area contributed by atoms with Crippen molar-refractivity contribution >= 4 is 17.8 Å². The molecule has 22 heavy (non-hydrogen) atoms. The van der Waals surface area contributed by atoms with E-state index >= 15 is 0 Å². The Kier molecular flexibility index (Phi) is 3.74. The molecule has 1 aliphatic rings. The molecule has 0 unspecified atom stereocenters. The fourth-order valence-corrected chi connectivity index (χ4v) is 2.18. The number of carbonyl (C=O) groups excluding carboxylic acids is 2. The van der Waals surface area contributed by atoms with Gasteiger partial charge in [0.15, 0.2) is 0 Å². The number of fused-ring (bicyclic) bond motifs is 1. The number of benzene rings is 1. The lowest BCUT2D eigenvalue weighted by atomic mass is 9.84. The molecule has 8 heteroatoms. The van der Waals surface area contributed by atoms with Crippen molar-refractivity contribution in [2.24, 2.45) is 5.41 Å². The topological polar surface area (TPSA) is 94.9 Å². The predicted octanol–water partition coefficient (Wildman–Crippen LogP) is 1.03. The number of rotatable bonds is 4. The van der Waals surface area contributed by atoms with Gasteiger partial charge in [-0.2, -0.15) is 0 Å². The number of aliphatic hydroxyl groups excluding tert-OH is 1. The van der Waals surface area contributed by atoms with E-state index in [1.165, 1.54) is 6.92 Å². The zero-order valence-electron chi connectivity index (χ0n) is 11.8. The van der Waals surface area contributed by atoms with Crippen LogP contribution in [0, 0.1) is 17.0 Å². The van der Waals surface area contributed by atoms with E-state index in [9.17, 15) is 33.4 Å². The third-order valence-corrected chi connectivity index (χ3v) is 3.92. The molecule has 2 rings (SSSR count). The summed E-state index contributed by atoms with van der Waals surface area (Å²) < 4.78 is 27.4. The number of hydrogen-bond donors (Lipinski definition) is 2. The van der Waals surface area contributed by atoms with Gasteiger partial charge in [-0.05, 0) is 26.0 Å². The van der Waals surface area contributed by atoms with Crippen LogP contribution in [0.4, 0.5) is 8.78 Å². The van der Waals surface area contributed by atoms with Crippen LogP contribution in [0.2, 0.25) is 0 Å². The number of carboxylic acids is 1. The maximum atomic E-state index is 13.7. The molecule has 0 saturated heterocycles. The molecule has 1 heterocycles. The van der Waals surface area contributed by atoms with Crippen LogP contribution in [0.15, 0.2) is 12.1 Å². The number of aliphatic carboxylic acids is 1. The molecule has 0 aliphatic carbocycles. The highest BCUT2D eigenvalue weighted by atomic mass is 19.1. The molecule has 118 valence electrons. The average Bonchev–Trinajstić information content (AvgIpc) is 2.68. The van der Waals surface area contributed by atoms with E-state index in [-0.39, 0.29) is 0 Å². The van der Waals surface area contributed by atoms with E-state index in [2.05, 4.69) is 0 Å². The van der Waals surface area contributed by atoms with Gasteiger partial charge in [0, 0.05) is 6.54 Å². The minimum absolute atomic E-state index is 0.442. The third kappa shape index (κ3) is 2.16. The minimum Gasteiger partial charge on any atom is -0.481 e. The summed E-state index contributed by atoms with van der Waals surface area (Å²) in [6, 6.07) is 1.43. The molecule has 1 aromatic carbocycles. The first-order valence-electron chi connectivity index (χ1n) is 6.37. The maximum Gasteiger partial charge on any atom is 0.313 e. The van der Waals surface area contributed by atoms with Crippen molar-refractivity contribution in [3.05, 3.63) is 34.9 Å². The first kappa shape index (κ1) is 16.0. The van der Waals surface area contributed by atoms with Crippen molar-refractivity contribution in [3.8, 4) is 0 Å². The predicted molar refractivity (Wildman–Crippen MR) is 69.1 cm³/mol. The van der Waals surface area contributed by atoms with Crippen molar-refractivity contribution < 1.29 is 33.4 Å². The first-order valence-corrected chi connectivity index (χ1v) is 6.37. The number of nitrogens with zero attached hydrogens (tertiary/aromatic N) is 1. The van der Waals surface area contributed by atoms with Gasteiger partial charge in [-0.3, -0.25) is 19.3 Å². The molecule has 6 nitrogen and oxygen atoms in total. The van der Waals surface area contributed by atoms with Crippen LogP contribution in [-0.4, -0.2) is 45.5 Å². The monoisotopic (exact) mass is 313 g/mol. The normalized spacial score (nSPS) is 18.1. The van der Waals surface area contributed by atoms with E-state index < -0.39 is 58.6 Å². The van der Waals surface area contributed by atoms with Crippen LogP contribution >= 0.6 is 0 Å². The summed E-state index contributed by atoms with van der Waals surface area (Å²) in [5, 5.41) is 18.8. The fourth-order valence-electron chi connectivity index (χ4n) is 2.18. The number of carboxylic acid groups (broad SMARTS) is 1. The van der Waals surface area contributed by atoms with Gasteiger partial charge in [0.25, 0.3) is 11.8 Å². The Morgan fingerprint density at radius 1 is 1.23 bits per heavy atom. The largest absolute Gasteiger partial charge is 0.481 e. The van der Waals surface area contributed by atoms with Gasteiger partial charge in [-0.15, -0.1) is 0 Å². The smallest absolute Gasteiger partial charge is 0.313 e. The molecule has 0 fully saturated rings. The average molecular weight is 313 g/mol. The lowest BCUT2D eigenvalue weighted by molar-refractivity contribution is -0.154. The number of carbonyl (C=O) groups is 3. The van der Waals surface area contributed by atoms with Crippen LogP contribution in [0.1, 0.15) is 34.6 Å². The molecule has 0 saturated carbocycles. The Bertz CT molecular complexity index is 647. The molecular weight excluding hydrogens is 300 g/mol. The Labute approximate surface area is 124 Å². The molecule has 2 amide bonds. The maximum absolute atomic E-state index is 13.7. The summed E-state index contributed by atoms with van der Waals surface area (Å²) in [6.07, 6.45) is -1.40. The second-order valence-corrected chi connectivity index (χ2v) is 5.37. The Hall–Kier alpha value is -2.35. The molecule has 0 spiro atoms. The van der Waals surface area contributed by atoms with Gasteiger partial charge in [-0.25, -0.2) is 8.78 Å². The van der Waals surface area contributed by atoms with Gasteiger partial charge in [0.05, 0.1) is 17.2 Å². The zero-order chi connectivity index (χ0) is 16.8. The van der Waals surface area contributed by atoms with Crippen molar-refractivity contribution in [2.45, 2.75) is 20.0 Å². The van der Waals surface area contributed by atoms with Crippen LogP contribution in [-0.2, 0) is 4.79 Å². The van der Waals surface area contributed by atoms with Crippen LogP contribution in [0.3, 0.4) is 0 Å². The van der Waals surface area contributed by atoms with Gasteiger partial charge in [0.1, 0.15) is 17.0 Å². The lowest BCUT2D eigenvalue weighted by Crippen LogP contribution is -2.49. The van der Waals surface area contributed by atoms with Gasteiger partial charge in [-0.1, -0.05) is 0 Å². The van der Waals surface area contributed by atoms with E-state index in [1.807, 2.05) is 0 Å². The molecule has 0 bridgehead atoms. The molecule has 1 aromatic rings. The molecule has 0 radical (unpaired) electrons. The highest BCUT2D eigenvalue weighted by molar-refractivity contribution is 6.21. The lowest BCUT2D eigenvalue weighted by Gasteiger charge is -2.31. The summed E-state index contributed by atoms with van der Waals surface area (Å²) >= 11 is 0.